The number of nitro groups is 2. The molecular formula is C25H20N4O6. The topological polar surface area (TPSA) is 132 Å². The molecule has 10 heteroatoms. The molecule has 1 aliphatic heterocycles. The summed E-state index contributed by atoms with van der Waals surface area (Å²) in [6, 6.07) is 15.2. The van der Waals surface area contributed by atoms with Gasteiger partial charge in [0.15, 0.2) is 5.76 Å². The van der Waals surface area contributed by atoms with Gasteiger partial charge in [-0.1, -0.05) is 24.3 Å². The van der Waals surface area contributed by atoms with Crippen molar-refractivity contribution < 1.29 is 19.1 Å². The molecule has 176 valence electrons. The van der Waals surface area contributed by atoms with E-state index in [1.165, 1.54) is 35.5 Å². The average Bonchev–Trinajstić information content (AvgIpc) is 3.53. The van der Waals surface area contributed by atoms with Gasteiger partial charge in [0.1, 0.15) is 0 Å². The molecule has 1 saturated carbocycles. The summed E-state index contributed by atoms with van der Waals surface area (Å²) in [7, 11) is 0. The minimum Gasteiger partial charge on any atom is -0.459 e. The number of rotatable bonds is 5. The summed E-state index contributed by atoms with van der Waals surface area (Å²) in [5.74, 6) is -0.509. The van der Waals surface area contributed by atoms with E-state index in [0.717, 1.165) is 18.4 Å². The van der Waals surface area contributed by atoms with E-state index in [2.05, 4.69) is 0 Å². The van der Waals surface area contributed by atoms with Crippen molar-refractivity contribution in [3.8, 4) is 0 Å². The number of allylic oxidation sites excluding steroid dienone is 1. The molecule has 1 aromatic heterocycles. The predicted octanol–water partition coefficient (Wildman–Crippen LogP) is 5.53. The van der Waals surface area contributed by atoms with Crippen LogP contribution in [-0.4, -0.2) is 26.5 Å². The van der Waals surface area contributed by atoms with Crippen LogP contribution in [0.5, 0.6) is 0 Å². The number of nitrogens with zero attached hydrogens (tertiary/aromatic N) is 4. The molecule has 0 unspecified atom stereocenters. The first kappa shape index (κ1) is 22.2. The summed E-state index contributed by atoms with van der Waals surface area (Å²) in [6.45, 7) is 0. The zero-order valence-electron chi connectivity index (χ0n) is 18.4. The van der Waals surface area contributed by atoms with Crippen LogP contribution in [0.15, 0.2) is 82.0 Å². The summed E-state index contributed by atoms with van der Waals surface area (Å²) in [4.78, 5) is 35.0. The fourth-order valence-electron chi connectivity index (χ4n) is 4.77. The SMILES string of the molecule is O=C(c1ccco1)N1N=C2/C(=C/c3cccc([N+](=O)[O-])c3)CCC[C@@H]2[C@H]1c1cccc([N+](=O)[O-])c1. The molecule has 0 radical (unpaired) electrons. The normalized spacial score (nSPS) is 20.4. The Morgan fingerprint density at radius 2 is 1.77 bits per heavy atom. The summed E-state index contributed by atoms with van der Waals surface area (Å²) in [6.07, 6.45) is 5.52. The van der Waals surface area contributed by atoms with E-state index in [0.29, 0.717) is 23.3 Å². The molecule has 10 nitrogen and oxygen atoms in total. The third-order valence-corrected chi connectivity index (χ3v) is 6.29. The second kappa shape index (κ2) is 8.98. The number of hydrazone groups is 1. The molecule has 0 spiro atoms. The van der Waals surface area contributed by atoms with Gasteiger partial charge in [-0.25, -0.2) is 5.01 Å². The van der Waals surface area contributed by atoms with E-state index < -0.39 is 21.8 Å². The van der Waals surface area contributed by atoms with Crippen LogP contribution in [0, 0.1) is 26.1 Å². The van der Waals surface area contributed by atoms with Crippen molar-refractivity contribution in [3.63, 3.8) is 0 Å². The quantitative estimate of drug-likeness (QED) is 0.354. The summed E-state index contributed by atoms with van der Waals surface area (Å²) in [5, 5.41) is 28.7. The Morgan fingerprint density at radius 1 is 1.03 bits per heavy atom. The molecule has 5 rings (SSSR count). The Labute approximate surface area is 199 Å². The molecule has 2 heterocycles. The Hall–Kier alpha value is -4.60. The first-order valence-electron chi connectivity index (χ1n) is 11.1. The molecule has 35 heavy (non-hydrogen) atoms. The number of hydrogen-bond donors (Lipinski definition) is 0. The van der Waals surface area contributed by atoms with Crippen molar-refractivity contribution in [1.29, 1.82) is 0 Å². The Kier molecular flexibility index (Phi) is 5.69. The number of non-ortho nitro benzene ring substituents is 2. The number of amides is 1. The maximum atomic E-state index is 13.3. The van der Waals surface area contributed by atoms with Crippen LogP contribution in [0.1, 0.15) is 47.0 Å². The molecule has 0 saturated heterocycles. The van der Waals surface area contributed by atoms with Gasteiger partial charge in [-0.15, -0.1) is 0 Å². The van der Waals surface area contributed by atoms with Crippen LogP contribution in [0.2, 0.25) is 0 Å². The van der Waals surface area contributed by atoms with Crippen molar-refractivity contribution in [2.45, 2.75) is 25.3 Å². The lowest BCUT2D eigenvalue weighted by Crippen LogP contribution is -2.31. The molecule has 0 bridgehead atoms. The monoisotopic (exact) mass is 472 g/mol. The van der Waals surface area contributed by atoms with Crippen molar-refractivity contribution in [2.24, 2.45) is 11.0 Å². The highest BCUT2D eigenvalue weighted by Crippen LogP contribution is 2.45. The van der Waals surface area contributed by atoms with Crippen molar-refractivity contribution >= 4 is 29.1 Å². The maximum absolute atomic E-state index is 13.3. The number of benzene rings is 2. The molecule has 1 amide bonds. The van der Waals surface area contributed by atoms with Crippen LogP contribution >= 0.6 is 0 Å². The van der Waals surface area contributed by atoms with Crippen molar-refractivity contribution in [2.75, 3.05) is 0 Å². The first-order valence-corrected chi connectivity index (χ1v) is 11.1. The summed E-state index contributed by atoms with van der Waals surface area (Å²) >= 11 is 0. The third kappa shape index (κ3) is 4.21. The number of hydrogen-bond acceptors (Lipinski definition) is 7. The van der Waals surface area contributed by atoms with Gasteiger partial charge in [0, 0.05) is 30.2 Å². The Bertz CT molecular complexity index is 1380. The van der Waals surface area contributed by atoms with Gasteiger partial charge >= 0.3 is 5.91 Å². The second-order valence-corrected chi connectivity index (χ2v) is 8.43. The highest BCUT2D eigenvalue weighted by atomic mass is 16.6. The highest BCUT2D eigenvalue weighted by molar-refractivity contribution is 6.09. The van der Waals surface area contributed by atoms with Crippen LogP contribution in [0.3, 0.4) is 0 Å². The lowest BCUT2D eigenvalue weighted by Gasteiger charge is -2.29. The van der Waals surface area contributed by atoms with Crippen LogP contribution in [0.4, 0.5) is 11.4 Å². The lowest BCUT2D eigenvalue weighted by molar-refractivity contribution is -0.385. The second-order valence-electron chi connectivity index (χ2n) is 8.43. The minimum absolute atomic E-state index is 0.0100. The Balaban J connectivity index is 1.59. The summed E-state index contributed by atoms with van der Waals surface area (Å²) < 4.78 is 5.32. The van der Waals surface area contributed by atoms with E-state index in [1.54, 1.807) is 36.4 Å². The van der Waals surface area contributed by atoms with E-state index in [1.807, 2.05) is 6.08 Å². The largest absolute Gasteiger partial charge is 0.459 e. The minimum atomic E-state index is -0.545. The van der Waals surface area contributed by atoms with Crippen LogP contribution in [0.25, 0.3) is 6.08 Å². The molecular weight excluding hydrogens is 452 g/mol. The van der Waals surface area contributed by atoms with Crippen LogP contribution < -0.4 is 0 Å². The summed E-state index contributed by atoms with van der Waals surface area (Å²) in [5.41, 5.74) is 2.79. The Morgan fingerprint density at radius 3 is 2.49 bits per heavy atom. The standard InChI is InChI=1S/C25H20N4O6/c30-25(22-11-4-12-35-22)27-24(18-7-2-9-20(15-18)29(33)34)21-10-3-6-17(23(21)26-27)13-16-5-1-8-19(14-16)28(31)32/h1-2,4-5,7-9,11-15,21,24H,3,6,10H2/b17-13+/t21-,24+/m0/s1. The number of carbonyl (C=O) groups excluding carboxylic acids is 1. The molecule has 2 aliphatic rings. The molecule has 3 aromatic rings. The van der Waals surface area contributed by atoms with E-state index in [9.17, 15) is 25.0 Å². The van der Waals surface area contributed by atoms with E-state index in [4.69, 9.17) is 9.52 Å². The number of nitro benzene ring substituents is 2. The molecule has 1 fully saturated rings. The number of furan rings is 1. The van der Waals surface area contributed by atoms with Gasteiger partial charge in [-0.05, 0) is 54.2 Å². The van der Waals surface area contributed by atoms with Crippen molar-refractivity contribution in [3.05, 3.63) is 110 Å². The van der Waals surface area contributed by atoms with Gasteiger partial charge in [0.2, 0.25) is 0 Å². The van der Waals surface area contributed by atoms with E-state index >= 15 is 0 Å². The van der Waals surface area contributed by atoms with Gasteiger partial charge in [-0.3, -0.25) is 25.0 Å². The predicted molar refractivity (Wildman–Crippen MR) is 127 cm³/mol. The fraction of sp³-hybridized carbons (Fsp3) is 0.200. The van der Waals surface area contributed by atoms with Gasteiger partial charge in [-0.2, -0.15) is 5.10 Å². The molecule has 1 aliphatic carbocycles. The van der Waals surface area contributed by atoms with Gasteiger partial charge < -0.3 is 4.42 Å². The van der Waals surface area contributed by atoms with Crippen LogP contribution in [-0.2, 0) is 0 Å². The lowest BCUT2D eigenvalue weighted by atomic mass is 9.77. The first-order chi connectivity index (χ1) is 16.9. The zero-order chi connectivity index (χ0) is 24.5. The third-order valence-electron chi connectivity index (χ3n) is 6.29. The van der Waals surface area contributed by atoms with E-state index in [-0.39, 0.29) is 23.1 Å². The smallest absolute Gasteiger partial charge is 0.310 e. The molecule has 0 N–H and O–H groups in total. The number of fused-ring (bicyclic) bond motifs is 1. The van der Waals surface area contributed by atoms with Crippen molar-refractivity contribution in [1.82, 2.24) is 5.01 Å². The number of carbonyl (C=O) groups is 1. The zero-order valence-corrected chi connectivity index (χ0v) is 18.4. The average molecular weight is 472 g/mol. The maximum Gasteiger partial charge on any atom is 0.310 e. The molecule has 2 aromatic carbocycles. The van der Waals surface area contributed by atoms with Gasteiger partial charge in [0.05, 0.1) is 27.9 Å². The van der Waals surface area contributed by atoms with Gasteiger partial charge in [0.25, 0.3) is 11.4 Å². The fourth-order valence-corrected chi connectivity index (χ4v) is 4.77. The molecule has 2 atom stereocenters. The highest BCUT2D eigenvalue weighted by Gasteiger charge is 2.44.